The Kier molecular flexibility index (Phi) is 5.05. The molecule has 6 heteroatoms. The van der Waals surface area contributed by atoms with Crippen molar-refractivity contribution in [2.45, 2.75) is 6.92 Å². The van der Waals surface area contributed by atoms with Crippen molar-refractivity contribution >= 4 is 16.6 Å². The highest BCUT2D eigenvalue weighted by Crippen LogP contribution is 2.34. The largest absolute Gasteiger partial charge is 0.494 e. The first-order chi connectivity index (χ1) is 13.6. The number of fused-ring (bicyclic) bond motifs is 1. The lowest BCUT2D eigenvalue weighted by Crippen LogP contribution is -2.44. The number of benzene rings is 1. The highest BCUT2D eigenvalue weighted by atomic mass is 16.5. The Morgan fingerprint density at radius 3 is 2.39 bits per heavy atom. The molecule has 0 bridgehead atoms. The molecule has 0 unspecified atom stereocenters. The van der Waals surface area contributed by atoms with Gasteiger partial charge >= 0.3 is 0 Å². The van der Waals surface area contributed by atoms with Gasteiger partial charge in [-0.05, 0) is 37.7 Å². The van der Waals surface area contributed by atoms with Crippen LogP contribution in [0.1, 0.15) is 5.56 Å². The smallest absolute Gasteiger partial charge is 0.213 e. The Morgan fingerprint density at radius 1 is 0.893 bits per heavy atom. The van der Waals surface area contributed by atoms with Crippen molar-refractivity contribution in [2.75, 3.05) is 52.3 Å². The monoisotopic (exact) mass is 378 g/mol. The Labute approximate surface area is 165 Å². The summed E-state index contributed by atoms with van der Waals surface area (Å²) in [7, 11) is 5.49. The van der Waals surface area contributed by atoms with Crippen molar-refractivity contribution in [3.63, 3.8) is 0 Å². The number of aryl methyl sites for hydroxylation is 1. The molecule has 1 fully saturated rings. The van der Waals surface area contributed by atoms with Gasteiger partial charge in [0.2, 0.25) is 5.88 Å². The minimum absolute atomic E-state index is 0.578. The number of likely N-dealkylation sites (N-methyl/N-ethyl adjacent to an activating group) is 1. The van der Waals surface area contributed by atoms with E-state index in [1.807, 2.05) is 18.2 Å². The van der Waals surface area contributed by atoms with E-state index in [1.54, 1.807) is 14.2 Å². The summed E-state index contributed by atoms with van der Waals surface area (Å²) in [5.41, 5.74) is 4.80. The van der Waals surface area contributed by atoms with Gasteiger partial charge in [0.25, 0.3) is 0 Å². The van der Waals surface area contributed by atoms with Crippen LogP contribution in [-0.2, 0) is 0 Å². The summed E-state index contributed by atoms with van der Waals surface area (Å²) in [6, 6.07) is 12.1. The van der Waals surface area contributed by atoms with Crippen molar-refractivity contribution in [3.8, 4) is 23.0 Å². The summed E-state index contributed by atoms with van der Waals surface area (Å²) >= 11 is 0. The van der Waals surface area contributed by atoms with Gasteiger partial charge in [-0.2, -0.15) is 0 Å². The number of hydrogen-bond donors (Lipinski definition) is 0. The summed E-state index contributed by atoms with van der Waals surface area (Å²) in [6.45, 7) is 6.28. The molecule has 2 aromatic heterocycles. The van der Waals surface area contributed by atoms with Crippen molar-refractivity contribution in [2.24, 2.45) is 0 Å². The van der Waals surface area contributed by atoms with Crippen LogP contribution in [0.5, 0.6) is 11.6 Å². The number of hydrogen-bond acceptors (Lipinski definition) is 6. The number of pyridine rings is 2. The van der Waals surface area contributed by atoms with E-state index in [0.717, 1.165) is 59.8 Å². The maximum Gasteiger partial charge on any atom is 0.213 e. The van der Waals surface area contributed by atoms with E-state index in [9.17, 15) is 0 Å². The van der Waals surface area contributed by atoms with Gasteiger partial charge in [0.15, 0.2) is 0 Å². The maximum absolute atomic E-state index is 5.73. The van der Waals surface area contributed by atoms with Crippen LogP contribution in [0.25, 0.3) is 22.3 Å². The average Bonchev–Trinajstić information content (AvgIpc) is 2.73. The summed E-state index contributed by atoms with van der Waals surface area (Å²) < 4.78 is 11.0. The van der Waals surface area contributed by atoms with Gasteiger partial charge in [-0.1, -0.05) is 6.07 Å². The third-order valence-corrected chi connectivity index (χ3v) is 5.35. The molecule has 3 aromatic rings. The van der Waals surface area contributed by atoms with E-state index in [-0.39, 0.29) is 0 Å². The SMILES string of the molecule is COc1cccc(-c2cc(C)c3cc(N4CCN(C)CC4)cc(OC)c3n2)n1. The Balaban J connectivity index is 1.80. The van der Waals surface area contributed by atoms with E-state index >= 15 is 0 Å². The zero-order valence-corrected chi connectivity index (χ0v) is 16.9. The highest BCUT2D eigenvalue weighted by molar-refractivity contribution is 5.92. The Morgan fingerprint density at radius 2 is 1.68 bits per heavy atom. The molecule has 1 aromatic carbocycles. The van der Waals surface area contributed by atoms with Crippen molar-refractivity contribution in [1.29, 1.82) is 0 Å². The lowest BCUT2D eigenvalue weighted by molar-refractivity contribution is 0.312. The second-order valence-electron chi connectivity index (χ2n) is 7.22. The van der Waals surface area contributed by atoms with Crippen molar-refractivity contribution in [1.82, 2.24) is 14.9 Å². The molecule has 1 saturated heterocycles. The van der Waals surface area contributed by atoms with Gasteiger partial charge in [-0.3, -0.25) is 0 Å². The van der Waals surface area contributed by atoms with E-state index < -0.39 is 0 Å². The molecule has 0 spiro atoms. The molecule has 0 aliphatic carbocycles. The van der Waals surface area contributed by atoms with Crippen LogP contribution in [0, 0.1) is 6.92 Å². The second-order valence-corrected chi connectivity index (χ2v) is 7.22. The lowest BCUT2D eigenvalue weighted by Gasteiger charge is -2.34. The van der Waals surface area contributed by atoms with Crippen LogP contribution in [0.3, 0.4) is 0 Å². The number of aromatic nitrogens is 2. The number of ether oxygens (including phenoxy) is 2. The van der Waals surface area contributed by atoms with E-state index in [4.69, 9.17) is 14.5 Å². The minimum atomic E-state index is 0.578. The van der Waals surface area contributed by atoms with Crippen LogP contribution in [0.15, 0.2) is 36.4 Å². The number of piperazine rings is 1. The molecule has 28 heavy (non-hydrogen) atoms. The molecule has 0 radical (unpaired) electrons. The maximum atomic E-state index is 5.73. The number of anilines is 1. The van der Waals surface area contributed by atoms with Crippen LogP contribution in [-0.4, -0.2) is 62.3 Å². The highest BCUT2D eigenvalue weighted by Gasteiger charge is 2.18. The van der Waals surface area contributed by atoms with E-state index in [1.165, 1.54) is 5.69 Å². The Bertz CT molecular complexity index is 997. The summed E-state index contributed by atoms with van der Waals surface area (Å²) in [4.78, 5) is 14.2. The fraction of sp³-hybridized carbons (Fsp3) is 0.364. The zero-order valence-electron chi connectivity index (χ0n) is 16.9. The summed E-state index contributed by atoms with van der Waals surface area (Å²) in [5, 5.41) is 1.11. The first kappa shape index (κ1) is 18.5. The van der Waals surface area contributed by atoms with Gasteiger partial charge in [-0.25, -0.2) is 9.97 Å². The molecule has 0 atom stereocenters. The van der Waals surface area contributed by atoms with Crippen LogP contribution < -0.4 is 14.4 Å². The van der Waals surface area contributed by atoms with Crippen LogP contribution in [0.2, 0.25) is 0 Å². The molecule has 0 N–H and O–H groups in total. The van der Waals surface area contributed by atoms with Gasteiger partial charge in [0, 0.05) is 49.4 Å². The molecular formula is C22H26N4O2. The number of rotatable bonds is 4. The first-order valence-corrected chi connectivity index (χ1v) is 9.53. The standard InChI is InChI=1S/C22H26N4O2/c1-15-12-19(18-6-5-7-21(23-18)28-4)24-22-17(15)13-16(14-20(22)27-3)26-10-8-25(2)9-11-26/h5-7,12-14H,8-11H2,1-4H3. The predicted molar refractivity (Wildman–Crippen MR) is 113 cm³/mol. The molecule has 1 aliphatic heterocycles. The normalized spacial score (nSPS) is 15.1. The summed E-state index contributed by atoms with van der Waals surface area (Å²) in [5.74, 6) is 1.37. The molecule has 1 aliphatic rings. The molecule has 4 rings (SSSR count). The molecule has 146 valence electrons. The summed E-state index contributed by atoms with van der Waals surface area (Å²) in [6.07, 6.45) is 0. The van der Waals surface area contributed by atoms with Crippen molar-refractivity contribution in [3.05, 3.63) is 42.0 Å². The zero-order chi connectivity index (χ0) is 19.7. The minimum Gasteiger partial charge on any atom is -0.494 e. The molecule has 3 heterocycles. The second kappa shape index (κ2) is 7.64. The molecule has 0 saturated carbocycles. The topological polar surface area (TPSA) is 50.7 Å². The molecular weight excluding hydrogens is 352 g/mol. The molecule has 0 amide bonds. The first-order valence-electron chi connectivity index (χ1n) is 9.53. The third kappa shape index (κ3) is 3.47. The number of methoxy groups -OCH3 is 2. The number of nitrogens with zero attached hydrogens (tertiary/aromatic N) is 4. The van der Waals surface area contributed by atoms with Crippen LogP contribution >= 0.6 is 0 Å². The Hall–Kier alpha value is -2.86. The lowest BCUT2D eigenvalue weighted by atomic mass is 10.1. The van der Waals surface area contributed by atoms with E-state index in [2.05, 4.69) is 47.0 Å². The van der Waals surface area contributed by atoms with Gasteiger partial charge in [0.1, 0.15) is 11.3 Å². The molecule has 6 nitrogen and oxygen atoms in total. The predicted octanol–water partition coefficient (Wildman–Crippen LogP) is 3.37. The average molecular weight is 378 g/mol. The van der Waals surface area contributed by atoms with Gasteiger partial charge in [-0.15, -0.1) is 0 Å². The third-order valence-electron chi connectivity index (χ3n) is 5.35. The quantitative estimate of drug-likeness (QED) is 0.694. The van der Waals surface area contributed by atoms with E-state index in [0.29, 0.717) is 5.88 Å². The van der Waals surface area contributed by atoms with Gasteiger partial charge in [0.05, 0.1) is 25.6 Å². The fourth-order valence-corrected chi connectivity index (χ4v) is 3.65. The van der Waals surface area contributed by atoms with Crippen molar-refractivity contribution < 1.29 is 9.47 Å². The van der Waals surface area contributed by atoms with Crippen LogP contribution in [0.4, 0.5) is 5.69 Å². The van der Waals surface area contributed by atoms with Gasteiger partial charge < -0.3 is 19.3 Å². The fourth-order valence-electron chi connectivity index (χ4n) is 3.65.